The molecule has 0 spiro atoms. The van der Waals surface area contributed by atoms with E-state index in [0.29, 0.717) is 17.9 Å². The van der Waals surface area contributed by atoms with E-state index in [4.69, 9.17) is 4.74 Å². The van der Waals surface area contributed by atoms with Crippen LogP contribution in [0.4, 0.5) is 5.69 Å². The summed E-state index contributed by atoms with van der Waals surface area (Å²) in [5.41, 5.74) is 1.84. The first-order valence-electron chi connectivity index (χ1n) is 7.90. The summed E-state index contributed by atoms with van der Waals surface area (Å²) >= 11 is 0. The van der Waals surface area contributed by atoms with Crippen molar-refractivity contribution in [1.82, 2.24) is 5.32 Å². The second-order valence-corrected chi connectivity index (χ2v) is 7.40. The van der Waals surface area contributed by atoms with Gasteiger partial charge in [-0.3, -0.25) is 9.52 Å². The van der Waals surface area contributed by atoms with Gasteiger partial charge in [0.15, 0.2) is 0 Å². The van der Waals surface area contributed by atoms with Gasteiger partial charge in [-0.25, -0.2) is 8.42 Å². The molecule has 2 N–H and O–H groups in total. The first-order chi connectivity index (χ1) is 11.8. The van der Waals surface area contributed by atoms with Gasteiger partial charge in [-0.2, -0.15) is 0 Å². The van der Waals surface area contributed by atoms with E-state index >= 15 is 0 Å². The number of carbonyl (C=O) groups excluding carboxylic acids is 1. The molecule has 0 aliphatic heterocycles. The third-order valence-electron chi connectivity index (χ3n) is 3.49. The minimum Gasteiger partial charge on any atom is -0.494 e. The molecule has 0 aromatic heterocycles. The highest BCUT2D eigenvalue weighted by Gasteiger charge is 2.12. The topological polar surface area (TPSA) is 84.5 Å². The summed E-state index contributed by atoms with van der Waals surface area (Å²) in [6, 6.07) is 13.7. The summed E-state index contributed by atoms with van der Waals surface area (Å²) in [6.07, 6.45) is 1.08. The van der Waals surface area contributed by atoms with Gasteiger partial charge in [0.05, 0.1) is 18.9 Å². The predicted octanol–water partition coefficient (Wildman–Crippen LogP) is 2.95. The lowest BCUT2D eigenvalue weighted by atomic mass is 10.1. The summed E-state index contributed by atoms with van der Waals surface area (Å²) in [5, 5.41) is 2.91. The van der Waals surface area contributed by atoms with Crippen LogP contribution in [0.15, 0.2) is 48.5 Å². The van der Waals surface area contributed by atoms with E-state index in [1.165, 1.54) is 0 Å². The molecule has 0 heterocycles. The van der Waals surface area contributed by atoms with E-state index < -0.39 is 10.0 Å². The van der Waals surface area contributed by atoms with Crippen molar-refractivity contribution < 1.29 is 17.9 Å². The molecule has 0 saturated carbocycles. The van der Waals surface area contributed by atoms with Gasteiger partial charge in [-0.15, -0.1) is 0 Å². The average Bonchev–Trinajstić information content (AvgIpc) is 2.55. The van der Waals surface area contributed by atoms with E-state index in [1.54, 1.807) is 24.3 Å². The molecule has 1 amide bonds. The highest BCUT2D eigenvalue weighted by atomic mass is 32.2. The molecule has 25 heavy (non-hydrogen) atoms. The lowest BCUT2D eigenvalue weighted by molar-refractivity contribution is 0.0940. The minimum absolute atomic E-state index is 0.169. The number of anilines is 1. The molecule has 0 fully saturated rings. The molecule has 2 aromatic carbocycles. The molecule has 2 aromatic rings. The third kappa shape index (κ3) is 5.79. The van der Waals surface area contributed by atoms with E-state index in [2.05, 4.69) is 10.0 Å². The van der Waals surface area contributed by atoms with Crippen LogP contribution in [0.25, 0.3) is 0 Å². The molecule has 1 atom stereocenters. The number of hydrogen-bond donors (Lipinski definition) is 2. The van der Waals surface area contributed by atoms with Crippen molar-refractivity contribution in [3.63, 3.8) is 0 Å². The van der Waals surface area contributed by atoms with Gasteiger partial charge in [-0.1, -0.05) is 12.1 Å². The van der Waals surface area contributed by atoms with Gasteiger partial charge >= 0.3 is 0 Å². The number of carbonyl (C=O) groups is 1. The molecule has 1 unspecified atom stereocenters. The molecular weight excluding hydrogens is 340 g/mol. The molecule has 0 aliphatic rings. The molecule has 7 heteroatoms. The Hall–Kier alpha value is -2.54. The van der Waals surface area contributed by atoms with Crippen molar-refractivity contribution in [1.29, 1.82) is 0 Å². The Balaban J connectivity index is 2.00. The standard InChI is InChI=1S/C18H22N2O4S/c1-4-24-17-11-7-14(8-12-17)13(2)19-18(21)15-5-9-16(10-6-15)20-25(3,22)23/h5-13,20H,4H2,1-3H3,(H,19,21). The van der Waals surface area contributed by atoms with E-state index in [1.807, 2.05) is 38.1 Å². The summed E-state index contributed by atoms with van der Waals surface area (Å²) in [5.74, 6) is 0.561. The number of rotatable bonds is 7. The number of nitrogens with one attached hydrogen (secondary N) is 2. The molecule has 134 valence electrons. The molecule has 0 saturated heterocycles. The van der Waals surface area contributed by atoms with E-state index in [-0.39, 0.29) is 11.9 Å². The van der Waals surface area contributed by atoms with Gasteiger partial charge in [0, 0.05) is 11.3 Å². The van der Waals surface area contributed by atoms with Crippen LogP contribution < -0.4 is 14.8 Å². The first kappa shape index (κ1) is 18.8. The quantitative estimate of drug-likeness (QED) is 0.793. The average molecular weight is 362 g/mol. The van der Waals surface area contributed by atoms with Crippen molar-refractivity contribution in [3.8, 4) is 5.75 Å². The minimum atomic E-state index is -3.33. The highest BCUT2D eigenvalue weighted by molar-refractivity contribution is 7.92. The number of sulfonamides is 1. The van der Waals surface area contributed by atoms with Gasteiger partial charge < -0.3 is 10.1 Å². The Morgan fingerprint density at radius 1 is 1.08 bits per heavy atom. The van der Waals surface area contributed by atoms with Crippen molar-refractivity contribution in [2.45, 2.75) is 19.9 Å². The second kappa shape index (κ2) is 8.02. The summed E-state index contributed by atoms with van der Waals surface area (Å²) in [7, 11) is -3.33. The van der Waals surface area contributed by atoms with Crippen molar-refractivity contribution in [2.24, 2.45) is 0 Å². The Morgan fingerprint density at radius 2 is 1.68 bits per heavy atom. The maximum atomic E-state index is 12.3. The van der Waals surface area contributed by atoms with Crippen LogP contribution in [0.3, 0.4) is 0 Å². The maximum Gasteiger partial charge on any atom is 0.251 e. The monoisotopic (exact) mass is 362 g/mol. The van der Waals surface area contributed by atoms with E-state index in [0.717, 1.165) is 17.6 Å². The predicted molar refractivity (Wildman–Crippen MR) is 98.4 cm³/mol. The number of ether oxygens (including phenoxy) is 1. The second-order valence-electron chi connectivity index (χ2n) is 5.65. The molecule has 0 aliphatic carbocycles. The highest BCUT2D eigenvalue weighted by Crippen LogP contribution is 2.18. The molecular formula is C18H22N2O4S. The third-order valence-corrected chi connectivity index (χ3v) is 4.10. The zero-order valence-corrected chi connectivity index (χ0v) is 15.3. The Morgan fingerprint density at radius 3 is 2.20 bits per heavy atom. The van der Waals surface area contributed by atoms with Crippen molar-refractivity contribution in [3.05, 3.63) is 59.7 Å². The molecule has 6 nitrogen and oxygen atoms in total. The summed E-state index contributed by atoms with van der Waals surface area (Å²) in [6.45, 7) is 4.43. The summed E-state index contributed by atoms with van der Waals surface area (Å²) < 4.78 is 30.1. The zero-order valence-electron chi connectivity index (χ0n) is 14.4. The fourth-order valence-electron chi connectivity index (χ4n) is 2.29. The van der Waals surface area contributed by atoms with Crippen LogP contribution in [0.1, 0.15) is 35.8 Å². The van der Waals surface area contributed by atoms with Gasteiger partial charge in [0.25, 0.3) is 5.91 Å². The van der Waals surface area contributed by atoms with Crippen molar-refractivity contribution in [2.75, 3.05) is 17.6 Å². The van der Waals surface area contributed by atoms with Crippen LogP contribution >= 0.6 is 0 Å². The summed E-state index contributed by atoms with van der Waals surface area (Å²) in [4.78, 5) is 12.3. The zero-order chi connectivity index (χ0) is 18.4. The van der Waals surface area contributed by atoms with Crippen LogP contribution in [-0.2, 0) is 10.0 Å². The SMILES string of the molecule is CCOc1ccc(C(C)NC(=O)c2ccc(NS(C)(=O)=O)cc2)cc1. The fourth-order valence-corrected chi connectivity index (χ4v) is 2.85. The van der Waals surface area contributed by atoms with Crippen LogP contribution in [0.2, 0.25) is 0 Å². The lowest BCUT2D eigenvalue weighted by Gasteiger charge is -2.15. The van der Waals surface area contributed by atoms with Crippen LogP contribution in [0, 0.1) is 0 Å². The van der Waals surface area contributed by atoms with Crippen molar-refractivity contribution >= 4 is 21.6 Å². The van der Waals surface area contributed by atoms with Crippen LogP contribution in [-0.4, -0.2) is 27.2 Å². The molecule has 0 radical (unpaired) electrons. The number of benzene rings is 2. The van der Waals surface area contributed by atoms with E-state index in [9.17, 15) is 13.2 Å². The smallest absolute Gasteiger partial charge is 0.251 e. The van der Waals surface area contributed by atoms with Gasteiger partial charge in [0.1, 0.15) is 5.75 Å². The maximum absolute atomic E-state index is 12.3. The fraction of sp³-hybridized carbons (Fsp3) is 0.278. The molecule has 0 bridgehead atoms. The molecule has 2 rings (SSSR count). The normalized spacial score (nSPS) is 12.3. The Kier molecular flexibility index (Phi) is 6.03. The van der Waals surface area contributed by atoms with Crippen LogP contribution in [0.5, 0.6) is 5.75 Å². The van der Waals surface area contributed by atoms with Gasteiger partial charge in [0.2, 0.25) is 10.0 Å². The van der Waals surface area contributed by atoms with Gasteiger partial charge in [-0.05, 0) is 55.8 Å². The number of amides is 1. The first-order valence-corrected chi connectivity index (χ1v) is 9.79. The Bertz CT molecular complexity index is 815. The number of hydrogen-bond acceptors (Lipinski definition) is 4. The lowest BCUT2D eigenvalue weighted by Crippen LogP contribution is -2.26. The largest absolute Gasteiger partial charge is 0.494 e. The Labute approximate surface area is 148 Å².